The summed E-state index contributed by atoms with van der Waals surface area (Å²) >= 11 is 0. The quantitative estimate of drug-likeness (QED) is 0.613. The highest BCUT2D eigenvalue weighted by atomic mass is 16.6. The third-order valence-electron chi connectivity index (χ3n) is 2.18. The van der Waals surface area contributed by atoms with Gasteiger partial charge in [-0.3, -0.25) is 0 Å². The first-order valence-corrected chi connectivity index (χ1v) is 6.64. The van der Waals surface area contributed by atoms with E-state index in [-0.39, 0.29) is 12.2 Å². The molecule has 0 atom stereocenters. The molecule has 0 aromatic carbocycles. The monoisotopic (exact) mass is 272 g/mol. The lowest BCUT2D eigenvalue weighted by molar-refractivity contribution is 0.0494. The second-order valence-electron chi connectivity index (χ2n) is 4.64. The first kappa shape index (κ1) is 15.9. The van der Waals surface area contributed by atoms with Crippen molar-refractivity contribution in [3.8, 4) is 11.5 Å². The highest BCUT2D eigenvalue weighted by molar-refractivity contribution is 5.34. The van der Waals surface area contributed by atoms with Crippen molar-refractivity contribution < 1.29 is 23.4 Å². The van der Waals surface area contributed by atoms with E-state index in [2.05, 4.69) is 0 Å². The van der Waals surface area contributed by atoms with E-state index in [1.165, 1.54) is 12.5 Å². The molecule has 0 amide bonds. The number of furan rings is 1. The van der Waals surface area contributed by atoms with Crippen LogP contribution in [0.1, 0.15) is 27.7 Å². The van der Waals surface area contributed by atoms with Gasteiger partial charge in [0.05, 0.1) is 25.4 Å². The van der Waals surface area contributed by atoms with Crippen molar-refractivity contribution in [2.75, 3.05) is 26.4 Å². The normalized spacial score (nSPS) is 11.3. The maximum Gasteiger partial charge on any atom is 0.199 e. The van der Waals surface area contributed by atoms with E-state index >= 15 is 0 Å². The first-order valence-electron chi connectivity index (χ1n) is 6.64. The molecule has 0 aliphatic heterocycles. The van der Waals surface area contributed by atoms with E-state index in [1.807, 2.05) is 27.7 Å². The van der Waals surface area contributed by atoms with Crippen molar-refractivity contribution >= 4 is 0 Å². The summed E-state index contributed by atoms with van der Waals surface area (Å²) in [4.78, 5) is 0. The summed E-state index contributed by atoms with van der Waals surface area (Å²) < 4.78 is 26.9. The molecular weight excluding hydrogens is 248 g/mol. The van der Waals surface area contributed by atoms with Gasteiger partial charge in [0.15, 0.2) is 11.5 Å². The Morgan fingerprint density at radius 3 is 1.58 bits per heavy atom. The molecule has 0 bridgehead atoms. The molecule has 0 fully saturated rings. The van der Waals surface area contributed by atoms with Gasteiger partial charge in [0.1, 0.15) is 25.7 Å². The van der Waals surface area contributed by atoms with Crippen LogP contribution in [0.25, 0.3) is 0 Å². The van der Waals surface area contributed by atoms with Gasteiger partial charge in [0.25, 0.3) is 0 Å². The molecule has 0 N–H and O–H groups in total. The largest absolute Gasteiger partial charge is 0.484 e. The molecule has 0 saturated carbocycles. The second kappa shape index (κ2) is 8.82. The Bertz CT molecular complexity index is 302. The molecule has 0 spiro atoms. The molecule has 1 heterocycles. The molecule has 0 aliphatic rings. The van der Waals surface area contributed by atoms with Gasteiger partial charge < -0.3 is 23.4 Å². The van der Waals surface area contributed by atoms with Gasteiger partial charge in [0, 0.05) is 0 Å². The average Bonchev–Trinajstić information content (AvgIpc) is 2.77. The maximum atomic E-state index is 5.52. The third-order valence-corrected chi connectivity index (χ3v) is 2.18. The smallest absolute Gasteiger partial charge is 0.199 e. The molecule has 19 heavy (non-hydrogen) atoms. The zero-order valence-corrected chi connectivity index (χ0v) is 12.2. The Balaban J connectivity index is 2.22. The van der Waals surface area contributed by atoms with Gasteiger partial charge in [-0.25, -0.2) is 0 Å². The van der Waals surface area contributed by atoms with Gasteiger partial charge in [0.2, 0.25) is 0 Å². The van der Waals surface area contributed by atoms with Gasteiger partial charge >= 0.3 is 0 Å². The van der Waals surface area contributed by atoms with E-state index < -0.39 is 0 Å². The van der Waals surface area contributed by atoms with Gasteiger partial charge in [-0.1, -0.05) is 0 Å². The summed E-state index contributed by atoms with van der Waals surface area (Å²) in [5, 5.41) is 0. The minimum Gasteiger partial charge on any atom is -0.484 e. The summed E-state index contributed by atoms with van der Waals surface area (Å²) in [6.07, 6.45) is 3.45. The van der Waals surface area contributed by atoms with Crippen LogP contribution in [0, 0.1) is 0 Å². The van der Waals surface area contributed by atoms with E-state index in [0.29, 0.717) is 37.9 Å². The predicted octanol–water partition coefficient (Wildman–Crippen LogP) is 2.89. The summed E-state index contributed by atoms with van der Waals surface area (Å²) in [6, 6.07) is 0. The zero-order valence-electron chi connectivity index (χ0n) is 12.2. The van der Waals surface area contributed by atoms with Crippen LogP contribution >= 0.6 is 0 Å². The summed E-state index contributed by atoms with van der Waals surface area (Å²) in [6.45, 7) is 9.97. The van der Waals surface area contributed by atoms with Crippen molar-refractivity contribution in [3.05, 3.63) is 12.5 Å². The Morgan fingerprint density at radius 2 is 1.21 bits per heavy atom. The van der Waals surface area contributed by atoms with Crippen LogP contribution in [0.2, 0.25) is 0 Å². The summed E-state index contributed by atoms with van der Waals surface area (Å²) in [7, 11) is 0. The van der Waals surface area contributed by atoms with E-state index in [0.717, 1.165) is 0 Å². The predicted molar refractivity (Wildman–Crippen MR) is 71.9 cm³/mol. The first-order chi connectivity index (χ1) is 9.09. The zero-order chi connectivity index (χ0) is 14.1. The van der Waals surface area contributed by atoms with Crippen LogP contribution in [0.4, 0.5) is 0 Å². The number of hydrogen-bond acceptors (Lipinski definition) is 5. The Hall–Kier alpha value is -1.20. The van der Waals surface area contributed by atoms with Crippen LogP contribution in [0.3, 0.4) is 0 Å². The SMILES string of the molecule is CC(C)OCCOc1cocc1OCCOC(C)C. The van der Waals surface area contributed by atoms with Gasteiger partial charge in [-0.2, -0.15) is 0 Å². The van der Waals surface area contributed by atoms with Crippen LogP contribution in [-0.4, -0.2) is 38.6 Å². The van der Waals surface area contributed by atoms with E-state index in [9.17, 15) is 0 Å². The Labute approximate surface area is 114 Å². The molecular formula is C14H24O5. The van der Waals surface area contributed by atoms with Crippen LogP contribution in [0.15, 0.2) is 16.9 Å². The van der Waals surface area contributed by atoms with Crippen molar-refractivity contribution in [2.45, 2.75) is 39.9 Å². The van der Waals surface area contributed by atoms with Crippen molar-refractivity contribution in [2.24, 2.45) is 0 Å². The highest BCUT2D eigenvalue weighted by Gasteiger charge is 2.08. The molecule has 5 nitrogen and oxygen atoms in total. The molecule has 1 aromatic rings. The minimum atomic E-state index is 0.205. The van der Waals surface area contributed by atoms with Crippen LogP contribution in [0.5, 0.6) is 11.5 Å². The molecule has 0 radical (unpaired) electrons. The standard InChI is InChI=1S/C14H24O5/c1-11(2)16-5-7-18-13-9-15-10-14(13)19-8-6-17-12(3)4/h9-12H,5-8H2,1-4H3. The number of ether oxygens (including phenoxy) is 4. The third kappa shape index (κ3) is 7.08. The molecule has 110 valence electrons. The molecule has 1 rings (SSSR count). The van der Waals surface area contributed by atoms with Crippen molar-refractivity contribution in [1.82, 2.24) is 0 Å². The maximum absolute atomic E-state index is 5.52. The number of rotatable bonds is 10. The fourth-order valence-electron chi connectivity index (χ4n) is 1.35. The van der Waals surface area contributed by atoms with E-state index in [1.54, 1.807) is 0 Å². The lowest BCUT2D eigenvalue weighted by Gasteiger charge is -2.10. The van der Waals surface area contributed by atoms with E-state index in [4.69, 9.17) is 23.4 Å². The Morgan fingerprint density at radius 1 is 0.789 bits per heavy atom. The van der Waals surface area contributed by atoms with Crippen LogP contribution in [-0.2, 0) is 9.47 Å². The molecule has 1 aromatic heterocycles. The van der Waals surface area contributed by atoms with Crippen molar-refractivity contribution in [3.63, 3.8) is 0 Å². The Kier molecular flexibility index (Phi) is 7.36. The summed E-state index contributed by atoms with van der Waals surface area (Å²) in [5.74, 6) is 1.19. The molecule has 0 aliphatic carbocycles. The average molecular weight is 272 g/mol. The summed E-state index contributed by atoms with van der Waals surface area (Å²) in [5.41, 5.74) is 0. The second-order valence-corrected chi connectivity index (χ2v) is 4.64. The molecule has 5 heteroatoms. The van der Waals surface area contributed by atoms with Crippen molar-refractivity contribution in [1.29, 1.82) is 0 Å². The molecule has 0 saturated heterocycles. The van der Waals surface area contributed by atoms with Gasteiger partial charge in [-0.15, -0.1) is 0 Å². The van der Waals surface area contributed by atoms with Crippen LogP contribution < -0.4 is 9.47 Å². The molecule has 0 unspecified atom stereocenters. The lowest BCUT2D eigenvalue weighted by Crippen LogP contribution is -2.13. The number of hydrogen-bond donors (Lipinski definition) is 0. The minimum absolute atomic E-state index is 0.205. The fraction of sp³-hybridized carbons (Fsp3) is 0.714. The topological polar surface area (TPSA) is 50.1 Å². The van der Waals surface area contributed by atoms with Gasteiger partial charge in [-0.05, 0) is 27.7 Å². The highest BCUT2D eigenvalue weighted by Crippen LogP contribution is 2.28. The lowest BCUT2D eigenvalue weighted by atomic mass is 10.5. The fourth-order valence-corrected chi connectivity index (χ4v) is 1.35.